The Morgan fingerprint density at radius 3 is 1.73 bits per heavy atom. The van der Waals surface area contributed by atoms with Crippen LogP contribution in [0.5, 0.6) is 0 Å². The summed E-state index contributed by atoms with van der Waals surface area (Å²) in [5.74, 6) is 0. The van der Waals surface area contributed by atoms with Crippen LogP contribution in [0.1, 0.15) is 37.8 Å². The molecule has 136 valence electrons. The van der Waals surface area contributed by atoms with E-state index in [1.54, 1.807) is 0 Å². The van der Waals surface area contributed by atoms with Gasteiger partial charge < -0.3 is 37.2 Å². The Kier molecular flexibility index (Phi) is 10.5. The topological polar surface area (TPSA) is 0 Å². The number of rotatable bonds is 5. The molecular weight excluding hydrogens is 418 g/mol. The van der Waals surface area contributed by atoms with Crippen LogP contribution < -0.4 is 37.2 Å². The normalized spacial score (nSPS) is 18.2. The number of hydrogen-bond donors (Lipinski definition) is 0. The Morgan fingerprint density at radius 1 is 0.846 bits per heavy atom. The van der Waals surface area contributed by atoms with Crippen LogP contribution in [0, 0.1) is 0 Å². The van der Waals surface area contributed by atoms with Gasteiger partial charge >= 0.3 is 152 Å². The third kappa shape index (κ3) is 4.32. The van der Waals surface area contributed by atoms with Crippen LogP contribution in [-0.4, -0.2) is 0 Å². The molecule has 0 bridgehead atoms. The van der Waals surface area contributed by atoms with Crippen LogP contribution in [0.4, 0.5) is 0 Å². The van der Waals surface area contributed by atoms with Crippen molar-refractivity contribution in [2.24, 2.45) is 0 Å². The monoisotopic (exact) mass is 440 g/mol. The Hall–Kier alpha value is -0.496. The van der Waals surface area contributed by atoms with E-state index in [1.165, 1.54) is 23.1 Å². The fourth-order valence-corrected chi connectivity index (χ4v) is 4.68. The van der Waals surface area contributed by atoms with Gasteiger partial charge in [0, 0.05) is 0 Å². The molecule has 2 aromatic rings. The van der Waals surface area contributed by atoms with Crippen molar-refractivity contribution in [1.29, 1.82) is 0 Å². The third-order valence-corrected chi connectivity index (χ3v) is 6.70. The molecular formula is C22H23Cl3Ti. The van der Waals surface area contributed by atoms with Crippen LogP contribution in [0.2, 0.25) is 3.72 Å². The molecule has 0 nitrogen and oxygen atoms in total. The maximum atomic E-state index is 2.40. The summed E-state index contributed by atoms with van der Waals surface area (Å²) in [6, 6.07) is 21.9. The summed E-state index contributed by atoms with van der Waals surface area (Å²) >= 11 is 2.40. The Labute approximate surface area is 188 Å². The quantitative estimate of drug-likeness (QED) is 0.434. The average molecular weight is 442 g/mol. The summed E-state index contributed by atoms with van der Waals surface area (Å²) in [5, 5.41) is 0. The van der Waals surface area contributed by atoms with Gasteiger partial charge in [0.05, 0.1) is 0 Å². The van der Waals surface area contributed by atoms with Gasteiger partial charge in [-0.2, -0.15) is 0 Å². The second-order valence-corrected chi connectivity index (χ2v) is 7.70. The molecule has 0 aliphatic heterocycles. The average Bonchev–Trinajstić information content (AvgIpc) is 2.98. The second-order valence-electron chi connectivity index (χ2n) is 6.47. The maximum absolute atomic E-state index is 2.40. The second kappa shape index (κ2) is 10.7. The van der Waals surface area contributed by atoms with Crippen molar-refractivity contribution < 1.29 is 57.7 Å². The number of benzene rings is 2. The first kappa shape index (κ1) is 25.5. The summed E-state index contributed by atoms with van der Waals surface area (Å²) in [5.41, 5.74) is 4.21. The zero-order valence-corrected chi connectivity index (χ0v) is 18.9. The van der Waals surface area contributed by atoms with E-state index in [0.717, 1.165) is 6.42 Å². The molecule has 1 unspecified atom stereocenters. The maximum Gasteiger partial charge on any atom is -1.00 e. The molecule has 1 atom stereocenters. The predicted octanol–water partition coefficient (Wildman–Crippen LogP) is -2.99. The number of halogens is 3. The van der Waals surface area contributed by atoms with Gasteiger partial charge in [-0.1, -0.05) is 0 Å². The summed E-state index contributed by atoms with van der Waals surface area (Å²) in [6.07, 6.45) is 9.31. The first-order valence-corrected chi connectivity index (χ1v) is 9.16. The predicted molar refractivity (Wildman–Crippen MR) is 94.2 cm³/mol. The van der Waals surface area contributed by atoms with Gasteiger partial charge in [-0.25, -0.2) is 0 Å². The van der Waals surface area contributed by atoms with Gasteiger partial charge in [0.2, 0.25) is 0 Å². The molecule has 0 N–H and O–H groups in total. The van der Waals surface area contributed by atoms with E-state index >= 15 is 0 Å². The van der Waals surface area contributed by atoms with E-state index in [4.69, 9.17) is 0 Å². The molecule has 0 amide bonds. The van der Waals surface area contributed by atoms with Crippen molar-refractivity contribution in [3.63, 3.8) is 0 Å². The summed E-state index contributed by atoms with van der Waals surface area (Å²) in [7, 11) is 0. The van der Waals surface area contributed by atoms with Crippen molar-refractivity contribution >= 4 is 0 Å². The third-order valence-electron chi connectivity index (χ3n) is 5.16. The van der Waals surface area contributed by atoms with E-state index in [9.17, 15) is 0 Å². The van der Waals surface area contributed by atoms with Gasteiger partial charge in [0.15, 0.2) is 0 Å². The molecule has 2 aromatic carbocycles. The Balaban J connectivity index is 0.00000208. The van der Waals surface area contributed by atoms with Crippen LogP contribution in [0.25, 0.3) is 0 Å². The SMILES string of the molecule is CCCC1=CC=C[C]1([Ti+3])C(C)(c1ccccc1)c1ccccc1.[Cl-].[Cl-].[Cl-]. The smallest absolute Gasteiger partial charge is 1.00 e. The van der Waals surface area contributed by atoms with Crippen molar-refractivity contribution in [2.75, 3.05) is 0 Å². The van der Waals surface area contributed by atoms with E-state index in [0.29, 0.717) is 0 Å². The molecule has 0 saturated carbocycles. The van der Waals surface area contributed by atoms with Gasteiger partial charge in [-0.15, -0.1) is 0 Å². The minimum Gasteiger partial charge on any atom is -1.00 e. The standard InChI is InChI=1S/C22H23.3ClH.Ti/c1-3-11-18-12-10-17-21(18)22(2,19-13-6-4-7-14-19)20-15-8-5-9-16-20;;;;/h4-10,12-17H,3,11H2,1-2H3;3*1H;/q;;;;+3/p-3. The van der Waals surface area contributed by atoms with Crippen LogP contribution in [0.3, 0.4) is 0 Å². The van der Waals surface area contributed by atoms with Crippen molar-refractivity contribution in [3.8, 4) is 0 Å². The summed E-state index contributed by atoms with van der Waals surface area (Å²) < 4.78 is 0.00567. The van der Waals surface area contributed by atoms with Gasteiger partial charge in [-0.3, -0.25) is 0 Å². The zero-order valence-electron chi connectivity index (χ0n) is 15.1. The van der Waals surface area contributed by atoms with E-state index in [2.05, 4.69) is 113 Å². The molecule has 26 heavy (non-hydrogen) atoms. The summed E-state index contributed by atoms with van der Waals surface area (Å²) in [6.45, 7) is 4.67. The molecule has 0 fully saturated rings. The van der Waals surface area contributed by atoms with E-state index < -0.39 is 0 Å². The van der Waals surface area contributed by atoms with E-state index in [-0.39, 0.29) is 46.4 Å². The minimum atomic E-state index is -0.0798. The van der Waals surface area contributed by atoms with Crippen molar-refractivity contribution in [1.82, 2.24) is 0 Å². The summed E-state index contributed by atoms with van der Waals surface area (Å²) in [4.78, 5) is 0. The number of allylic oxidation sites excluding steroid dienone is 4. The first-order valence-electron chi connectivity index (χ1n) is 8.38. The fourth-order valence-electron chi connectivity index (χ4n) is 3.75. The molecule has 4 heteroatoms. The van der Waals surface area contributed by atoms with Crippen LogP contribution >= 0.6 is 0 Å². The molecule has 3 rings (SSSR count). The minimum absolute atomic E-state index is 0. The van der Waals surface area contributed by atoms with Crippen LogP contribution in [-0.2, 0) is 25.9 Å². The molecule has 0 aromatic heterocycles. The van der Waals surface area contributed by atoms with Gasteiger partial charge in [0.1, 0.15) is 0 Å². The van der Waals surface area contributed by atoms with Crippen LogP contribution in [0.15, 0.2) is 84.5 Å². The molecule has 1 aliphatic carbocycles. The van der Waals surface area contributed by atoms with Gasteiger partial charge in [0.25, 0.3) is 0 Å². The van der Waals surface area contributed by atoms with Gasteiger partial charge in [-0.05, 0) is 0 Å². The Morgan fingerprint density at radius 2 is 1.31 bits per heavy atom. The number of hydrogen-bond acceptors (Lipinski definition) is 0. The largest absolute Gasteiger partial charge is 1.00 e. The molecule has 0 radical (unpaired) electrons. The van der Waals surface area contributed by atoms with Crippen molar-refractivity contribution in [2.45, 2.75) is 35.8 Å². The molecule has 0 spiro atoms. The first-order chi connectivity index (χ1) is 11.1. The fraction of sp³-hybridized carbons (Fsp3) is 0.273. The van der Waals surface area contributed by atoms with E-state index in [1.807, 2.05) is 0 Å². The molecule has 0 saturated heterocycles. The molecule has 0 heterocycles. The Bertz CT molecular complexity index is 686. The zero-order chi connectivity index (χ0) is 16.3. The molecule has 1 aliphatic rings. The van der Waals surface area contributed by atoms with Crippen molar-refractivity contribution in [3.05, 3.63) is 95.6 Å².